The number of allylic oxidation sites excluding steroid dienone is 1. The van der Waals surface area contributed by atoms with Crippen molar-refractivity contribution in [2.45, 2.75) is 31.2 Å². The molecule has 0 unspecified atom stereocenters. The van der Waals surface area contributed by atoms with Gasteiger partial charge in [0.05, 0.1) is 16.7 Å². The summed E-state index contributed by atoms with van der Waals surface area (Å²) in [5.41, 5.74) is 5.47. The van der Waals surface area contributed by atoms with Crippen LogP contribution >= 0.6 is 0 Å². The van der Waals surface area contributed by atoms with Crippen molar-refractivity contribution in [3.8, 4) is 0 Å². The number of aromatic nitrogens is 2. The van der Waals surface area contributed by atoms with E-state index in [4.69, 9.17) is 5.73 Å². The van der Waals surface area contributed by atoms with Crippen LogP contribution in [0, 0.1) is 5.92 Å². The van der Waals surface area contributed by atoms with Gasteiger partial charge in [-0.05, 0) is 25.7 Å². The van der Waals surface area contributed by atoms with Crippen molar-refractivity contribution in [2.24, 2.45) is 16.6 Å². The zero-order valence-corrected chi connectivity index (χ0v) is 16.5. The van der Waals surface area contributed by atoms with Crippen LogP contribution in [0.25, 0.3) is 0 Å². The second kappa shape index (κ2) is 8.33. The SMILES string of the molecule is CNc1nc(NC(=C/N)/C(C)=N\C[C@H]2C[C@@H](S(C)(=O)=O)C2)ncc1C(F)(F)F. The van der Waals surface area contributed by atoms with Crippen molar-refractivity contribution in [2.75, 3.05) is 30.5 Å². The molecular weight excluding hydrogens is 397 g/mol. The van der Waals surface area contributed by atoms with E-state index >= 15 is 0 Å². The highest BCUT2D eigenvalue weighted by molar-refractivity contribution is 7.91. The first kappa shape index (κ1) is 21.9. The van der Waals surface area contributed by atoms with E-state index in [9.17, 15) is 21.6 Å². The van der Waals surface area contributed by atoms with Crippen molar-refractivity contribution >= 4 is 27.3 Å². The molecule has 0 spiro atoms. The average Bonchev–Trinajstić information content (AvgIpc) is 2.55. The predicted octanol–water partition coefficient (Wildman–Crippen LogP) is 2.03. The van der Waals surface area contributed by atoms with E-state index in [-0.39, 0.29) is 22.9 Å². The van der Waals surface area contributed by atoms with Gasteiger partial charge < -0.3 is 16.4 Å². The Morgan fingerprint density at radius 3 is 2.57 bits per heavy atom. The van der Waals surface area contributed by atoms with Crippen molar-refractivity contribution in [1.29, 1.82) is 0 Å². The summed E-state index contributed by atoms with van der Waals surface area (Å²) < 4.78 is 61.6. The van der Waals surface area contributed by atoms with E-state index in [0.717, 1.165) is 0 Å². The molecule has 1 fully saturated rings. The van der Waals surface area contributed by atoms with Crippen LogP contribution in [-0.2, 0) is 16.0 Å². The highest BCUT2D eigenvalue weighted by atomic mass is 32.2. The quantitative estimate of drug-likeness (QED) is 0.577. The number of nitrogens with two attached hydrogens (primary N) is 1. The van der Waals surface area contributed by atoms with Gasteiger partial charge in [-0.2, -0.15) is 18.2 Å². The zero-order chi connectivity index (χ0) is 21.1. The van der Waals surface area contributed by atoms with E-state index in [1.807, 2.05) is 0 Å². The van der Waals surface area contributed by atoms with Gasteiger partial charge in [0.2, 0.25) is 5.95 Å². The topological polar surface area (TPSA) is 122 Å². The van der Waals surface area contributed by atoms with Crippen LogP contribution in [0.4, 0.5) is 24.9 Å². The molecule has 0 amide bonds. The molecule has 1 saturated carbocycles. The summed E-state index contributed by atoms with van der Waals surface area (Å²) in [5, 5.41) is 4.84. The number of aliphatic imine (C=N–C) groups is 1. The van der Waals surface area contributed by atoms with E-state index < -0.39 is 21.6 Å². The fraction of sp³-hybridized carbons (Fsp3) is 0.562. The van der Waals surface area contributed by atoms with Crippen LogP contribution in [-0.4, -0.2) is 49.2 Å². The third-order valence-electron chi connectivity index (χ3n) is 4.52. The lowest BCUT2D eigenvalue weighted by molar-refractivity contribution is -0.137. The third kappa shape index (κ3) is 5.33. The number of sulfone groups is 1. The molecule has 0 bridgehead atoms. The molecule has 156 valence electrons. The van der Waals surface area contributed by atoms with Crippen LogP contribution in [0.1, 0.15) is 25.3 Å². The molecule has 1 aliphatic carbocycles. The molecule has 0 radical (unpaired) electrons. The molecule has 0 saturated heterocycles. The minimum atomic E-state index is -4.58. The molecule has 1 aliphatic rings. The number of alkyl halides is 3. The Bertz CT molecular complexity index is 877. The first-order valence-electron chi connectivity index (χ1n) is 8.47. The summed E-state index contributed by atoms with van der Waals surface area (Å²) in [6.07, 6.45) is -0.310. The fourth-order valence-electron chi connectivity index (χ4n) is 2.74. The van der Waals surface area contributed by atoms with Crippen molar-refractivity contribution in [3.05, 3.63) is 23.7 Å². The minimum Gasteiger partial charge on any atom is -0.403 e. The Labute approximate surface area is 161 Å². The second-order valence-electron chi connectivity index (χ2n) is 6.62. The van der Waals surface area contributed by atoms with E-state index in [1.165, 1.54) is 19.5 Å². The van der Waals surface area contributed by atoms with Crippen LogP contribution in [0.15, 0.2) is 23.1 Å². The first-order chi connectivity index (χ1) is 13.0. The highest BCUT2D eigenvalue weighted by Crippen LogP contribution is 2.34. The monoisotopic (exact) mass is 420 g/mol. The molecule has 0 atom stereocenters. The van der Waals surface area contributed by atoms with Gasteiger partial charge in [0, 0.05) is 32.2 Å². The lowest BCUT2D eigenvalue weighted by Crippen LogP contribution is -2.36. The largest absolute Gasteiger partial charge is 0.421 e. The van der Waals surface area contributed by atoms with E-state index in [0.29, 0.717) is 37.0 Å². The summed E-state index contributed by atoms with van der Waals surface area (Å²) in [4.78, 5) is 11.9. The Kier molecular flexibility index (Phi) is 6.52. The third-order valence-corrected chi connectivity index (χ3v) is 6.11. The molecule has 28 heavy (non-hydrogen) atoms. The maximum Gasteiger partial charge on any atom is 0.421 e. The number of nitrogens with one attached hydrogen (secondary N) is 2. The van der Waals surface area contributed by atoms with Crippen molar-refractivity contribution in [1.82, 2.24) is 9.97 Å². The maximum atomic E-state index is 12.9. The Balaban J connectivity index is 2.04. The summed E-state index contributed by atoms with van der Waals surface area (Å²) in [6.45, 7) is 2.12. The van der Waals surface area contributed by atoms with Crippen LogP contribution in [0.2, 0.25) is 0 Å². The number of rotatable bonds is 7. The summed E-state index contributed by atoms with van der Waals surface area (Å²) in [5.74, 6) is -0.256. The molecule has 0 aliphatic heterocycles. The summed E-state index contributed by atoms with van der Waals surface area (Å²) in [7, 11) is -1.69. The predicted molar refractivity (Wildman–Crippen MR) is 102 cm³/mol. The van der Waals surface area contributed by atoms with Crippen LogP contribution in [0.5, 0.6) is 0 Å². The molecule has 0 aromatic carbocycles. The van der Waals surface area contributed by atoms with Crippen molar-refractivity contribution in [3.63, 3.8) is 0 Å². The van der Waals surface area contributed by atoms with E-state index in [1.54, 1.807) is 6.92 Å². The molecule has 1 aromatic rings. The molecule has 8 nitrogen and oxygen atoms in total. The van der Waals surface area contributed by atoms with Gasteiger partial charge in [-0.25, -0.2) is 13.4 Å². The Hall–Kier alpha value is -2.37. The average molecular weight is 420 g/mol. The van der Waals surface area contributed by atoms with Gasteiger partial charge in [-0.15, -0.1) is 0 Å². The number of nitrogens with zero attached hydrogens (tertiary/aromatic N) is 3. The molecular formula is C16H23F3N6O2S. The molecule has 1 heterocycles. The lowest BCUT2D eigenvalue weighted by atomic mass is 9.85. The second-order valence-corrected chi connectivity index (χ2v) is 8.95. The highest BCUT2D eigenvalue weighted by Gasteiger charge is 2.36. The minimum absolute atomic E-state index is 0.0654. The van der Waals surface area contributed by atoms with Gasteiger partial charge in [0.25, 0.3) is 0 Å². The number of hydrogen-bond donors (Lipinski definition) is 3. The molecule has 4 N–H and O–H groups in total. The molecule has 1 aromatic heterocycles. The van der Waals surface area contributed by atoms with Crippen LogP contribution in [0.3, 0.4) is 0 Å². The van der Waals surface area contributed by atoms with Gasteiger partial charge in [0.1, 0.15) is 21.2 Å². The maximum absolute atomic E-state index is 12.9. The zero-order valence-electron chi connectivity index (χ0n) is 15.7. The van der Waals surface area contributed by atoms with Crippen LogP contribution < -0.4 is 16.4 Å². The van der Waals surface area contributed by atoms with Gasteiger partial charge >= 0.3 is 6.18 Å². The van der Waals surface area contributed by atoms with Gasteiger partial charge in [0.15, 0.2) is 0 Å². The van der Waals surface area contributed by atoms with E-state index in [2.05, 4.69) is 25.6 Å². The number of halogens is 3. The fourth-order valence-corrected chi connectivity index (χ4v) is 3.98. The molecule has 12 heteroatoms. The standard InChI is InChI=1S/C16H23F3N6O2S/c1-9(22-7-10-4-11(5-10)28(3,26)27)13(6-20)24-15-23-8-12(16(17,18)19)14(21-2)25-15/h6,8,10-11H,4-5,7,20H2,1-3H3,(H2,21,23,24,25)/b13-6+,22-9-/t10-,11+. The normalized spacial score (nSPS) is 21.2. The molecule has 2 rings (SSSR count). The number of hydrogen-bond acceptors (Lipinski definition) is 8. The summed E-state index contributed by atoms with van der Waals surface area (Å²) >= 11 is 0. The lowest BCUT2D eigenvalue weighted by Gasteiger charge is -2.32. The van der Waals surface area contributed by atoms with Gasteiger partial charge in [-0.3, -0.25) is 4.99 Å². The Morgan fingerprint density at radius 1 is 1.43 bits per heavy atom. The first-order valence-corrected chi connectivity index (χ1v) is 10.4. The smallest absolute Gasteiger partial charge is 0.403 e. The Morgan fingerprint density at radius 2 is 2.07 bits per heavy atom. The summed E-state index contributed by atoms with van der Waals surface area (Å²) in [6, 6.07) is 0. The number of anilines is 2. The van der Waals surface area contributed by atoms with Gasteiger partial charge in [-0.1, -0.05) is 0 Å². The van der Waals surface area contributed by atoms with Crippen molar-refractivity contribution < 1.29 is 21.6 Å².